The summed E-state index contributed by atoms with van der Waals surface area (Å²) in [6, 6.07) is 15.1. The standard InChI is InChI=1S/C19H24N2O/c1-14-12-16(10-11-20-14)19(22)21(2)13-17-8-5-7-15-6-3-4-9-18(15)17/h3-9,14,16,20H,10-13H2,1-2H3/t14-,16-/m0/s1. The molecule has 1 aliphatic rings. The molecule has 1 amide bonds. The second-order valence-electron chi connectivity index (χ2n) is 6.41. The van der Waals surface area contributed by atoms with Crippen molar-refractivity contribution < 1.29 is 4.79 Å². The summed E-state index contributed by atoms with van der Waals surface area (Å²) in [5.41, 5.74) is 1.22. The molecule has 0 aliphatic carbocycles. The van der Waals surface area contributed by atoms with E-state index in [9.17, 15) is 4.79 Å². The molecule has 2 aromatic rings. The summed E-state index contributed by atoms with van der Waals surface area (Å²) in [6.45, 7) is 3.78. The smallest absolute Gasteiger partial charge is 0.225 e. The molecule has 1 heterocycles. The normalized spacial score (nSPS) is 21.7. The molecular formula is C19H24N2O. The van der Waals surface area contributed by atoms with Crippen molar-refractivity contribution in [3.05, 3.63) is 48.0 Å². The van der Waals surface area contributed by atoms with Crippen molar-refractivity contribution >= 4 is 16.7 Å². The van der Waals surface area contributed by atoms with Crippen molar-refractivity contribution in [3.63, 3.8) is 0 Å². The molecule has 3 rings (SSSR count). The van der Waals surface area contributed by atoms with Crippen molar-refractivity contribution in [1.29, 1.82) is 0 Å². The van der Waals surface area contributed by atoms with Gasteiger partial charge in [-0.15, -0.1) is 0 Å². The van der Waals surface area contributed by atoms with Crippen LogP contribution in [0.1, 0.15) is 25.3 Å². The molecule has 1 aliphatic heterocycles. The van der Waals surface area contributed by atoms with E-state index in [1.165, 1.54) is 16.3 Å². The van der Waals surface area contributed by atoms with Crippen molar-refractivity contribution in [2.45, 2.75) is 32.4 Å². The van der Waals surface area contributed by atoms with E-state index in [1.807, 2.05) is 11.9 Å². The first-order valence-corrected chi connectivity index (χ1v) is 8.10. The minimum absolute atomic E-state index is 0.163. The van der Waals surface area contributed by atoms with Gasteiger partial charge in [0.05, 0.1) is 0 Å². The van der Waals surface area contributed by atoms with Crippen LogP contribution in [0.4, 0.5) is 0 Å². The number of benzene rings is 2. The third-order valence-electron chi connectivity index (χ3n) is 4.64. The lowest BCUT2D eigenvalue weighted by atomic mass is 9.92. The van der Waals surface area contributed by atoms with Crippen LogP contribution in [0.25, 0.3) is 10.8 Å². The number of hydrogen-bond donors (Lipinski definition) is 1. The van der Waals surface area contributed by atoms with E-state index in [2.05, 4.69) is 54.7 Å². The Morgan fingerprint density at radius 2 is 2.00 bits per heavy atom. The van der Waals surface area contributed by atoms with Gasteiger partial charge in [-0.25, -0.2) is 0 Å². The third kappa shape index (κ3) is 3.14. The van der Waals surface area contributed by atoms with E-state index >= 15 is 0 Å². The number of carbonyl (C=O) groups is 1. The number of rotatable bonds is 3. The fourth-order valence-electron chi connectivity index (χ4n) is 3.43. The zero-order valence-corrected chi connectivity index (χ0v) is 13.4. The lowest BCUT2D eigenvalue weighted by Crippen LogP contribution is -2.42. The van der Waals surface area contributed by atoms with E-state index in [4.69, 9.17) is 0 Å². The van der Waals surface area contributed by atoms with Gasteiger partial charge in [-0.05, 0) is 42.6 Å². The predicted molar refractivity (Wildman–Crippen MR) is 90.6 cm³/mol. The summed E-state index contributed by atoms with van der Waals surface area (Å²) in [4.78, 5) is 14.6. The summed E-state index contributed by atoms with van der Waals surface area (Å²) in [5.74, 6) is 0.442. The maximum absolute atomic E-state index is 12.7. The number of fused-ring (bicyclic) bond motifs is 1. The Labute approximate surface area is 132 Å². The number of nitrogens with zero attached hydrogens (tertiary/aromatic N) is 1. The molecular weight excluding hydrogens is 272 g/mol. The Kier molecular flexibility index (Phi) is 4.44. The van der Waals surface area contributed by atoms with Crippen LogP contribution in [0.15, 0.2) is 42.5 Å². The van der Waals surface area contributed by atoms with Gasteiger partial charge in [0.15, 0.2) is 0 Å². The second-order valence-corrected chi connectivity index (χ2v) is 6.41. The van der Waals surface area contributed by atoms with Crippen LogP contribution in [0.2, 0.25) is 0 Å². The molecule has 116 valence electrons. The molecule has 1 N–H and O–H groups in total. The van der Waals surface area contributed by atoms with Crippen molar-refractivity contribution in [3.8, 4) is 0 Å². The number of hydrogen-bond acceptors (Lipinski definition) is 2. The van der Waals surface area contributed by atoms with Gasteiger partial charge < -0.3 is 10.2 Å². The largest absolute Gasteiger partial charge is 0.341 e. The first kappa shape index (κ1) is 15.0. The van der Waals surface area contributed by atoms with Gasteiger partial charge in [-0.2, -0.15) is 0 Å². The van der Waals surface area contributed by atoms with Crippen LogP contribution in [0, 0.1) is 5.92 Å². The molecule has 2 atom stereocenters. The van der Waals surface area contributed by atoms with Crippen LogP contribution in [-0.4, -0.2) is 30.4 Å². The van der Waals surface area contributed by atoms with Crippen LogP contribution >= 0.6 is 0 Å². The third-order valence-corrected chi connectivity index (χ3v) is 4.64. The predicted octanol–water partition coefficient (Wildman–Crippen LogP) is 3.19. The topological polar surface area (TPSA) is 32.3 Å². The average molecular weight is 296 g/mol. The van der Waals surface area contributed by atoms with Gasteiger partial charge >= 0.3 is 0 Å². The summed E-state index contributed by atoms with van der Waals surface area (Å²) in [5, 5.41) is 5.88. The fraction of sp³-hybridized carbons (Fsp3) is 0.421. The van der Waals surface area contributed by atoms with Crippen LogP contribution < -0.4 is 5.32 Å². The monoisotopic (exact) mass is 296 g/mol. The highest BCUT2D eigenvalue weighted by Crippen LogP contribution is 2.22. The molecule has 3 nitrogen and oxygen atoms in total. The van der Waals surface area contributed by atoms with Gasteiger partial charge in [0.2, 0.25) is 5.91 Å². The number of amides is 1. The zero-order valence-electron chi connectivity index (χ0n) is 13.4. The van der Waals surface area contributed by atoms with Gasteiger partial charge in [0, 0.05) is 25.6 Å². The van der Waals surface area contributed by atoms with Crippen molar-refractivity contribution in [2.75, 3.05) is 13.6 Å². The van der Waals surface area contributed by atoms with Gasteiger partial charge in [-0.3, -0.25) is 4.79 Å². The zero-order chi connectivity index (χ0) is 15.5. The van der Waals surface area contributed by atoms with Gasteiger partial charge in [0.25, 0.3) is 0 Å². The Bertz CT molecular complexity index is 662. The molecule has 0 saturated carbocycles. The van der Waals surface area contributed by atoms with Crippen LogP contribution in [0.3, 0.4) is 0 Å². The molecule has 2 aromatic carbocycles. The Morgan fingerprint density at radius 3 is 2.82 bits per heavy atom. The van der Waals surface area contributed by atoms with Gasteiger partial charge in [0.1, 0.15) is 0 Å². The first-order chi connectivity index (χ1) is 10.6. The Balaban J connectivity index is 1.75. The van der Waals surface area contributed by atoms with E-state index in [0.29, 0.717) is 12.6 Å². The van der Waals surface area contributed by atoms with Crippen LogP contribution in [0.5, 0.6) is 0 Å². The summed E-state index contributed by atoms with van der Waals surface area (Å²) in [7, 11) is 1.93. The quantitative estimate of drug-likeness (QED) is 0.943. The average Bonchev–Trinajstić information content (AvgIpc) is 2.54. The fourth-order valence-corrected chi connectivity index (χ4v) is 3.43. The van der Waals surface area contributed by atoms with E-state index < -0.39 is 0 Å². The minimum Gasteiger partial charge on any atom is -0.341 e. The highest BCUT2D eigenvalue weighted by atomic mass is 16.2. The number of piperidine rings is 1. The minimum atomic E-state index is 0.163. The summed E-state index contributed by atoms with van der Waals surface area (Å²) >= 11 is 0. The van der Waals surface area contributed by atoms with Crippen LogP contribution in [-0.2, 0) is 11.3 Å². The molecule has 0 bridgehead atoms. The molecule has 1 fully saturated rings. The summed E-state index contributed by atoms with van der Waals surface area (Å²) < 4.78 is 0. The maximum atomic E-state index is 12.7. The van der Waals surface area contributed by atoms with Crippen molar-refractivity contribution in [1.82, 2.24) is 10.2 Å². The number of carbonyl (C=O) groups excluding carboxylic acids is 1. The molecule has 3 heteroatoms. The molecule has 0 spiro atoms. The second kappa shape index (κ2) is 6.49. The van der Waals surface area contributed by atoms with E-state index in [0.717, 1.165) is 19.4 Å². The highest BCUT2D eigenvalue weighted by molar-refractivity contribution is 5.86. The first-order valence-electron chi connectivity index (χ1n) is 8.10. The highest BCUT2D eigenvalue weighted by Gasteiger charge is 2.27. The van der Waals surface area contributed by atoms with Crippen molar-refractivity contribution in [2.24, 2.45) is 5.92 Å². The summed E-state index contributed by atoms with van der Waals surface area (Å²) in [6.07, 6.45) is 1.89. The molecule has 22 heavy (non-hydrogen) atoms. The molecule has 1 saturated heterocycles. The van der Waals surface area contributed by atoms with Gasteiger partial charge in [-0.1, -0.05) is 42.5 Å². The Hall–Kier alpha value is -1.87. The Morgan fingerprint density at radius 1 is 1.23 bits per heavy atom. The van der Waals surface area contributed by atoms with E-state index in [1.54, 1.807) is 0 Å². The molecule has 0 aromatic heterocycles. The lowest BCUT2D eigenvalue weighted by Gasteiger charge is -2.30. The lowest BCUT2D eigenvalue weighted by molar-refractivity contribution is -0.135. The molecule has 0 unspecified atom stereocenters. The maximum Gasteiger partial charge on any atom is 0.225 e. The SMILES string of the molecule is C[C@H]1C[C@@H](C(=O)N(C)Cc2cccc3ccccc23)CCN1. The molecule has 0 radical (unpaired) electrons. The number of nitrogens with one attached hydrogen (secondary N) is 1. The van der Waals surface area contributed by atoms with E-state index in [-0.39, 0.29) is 11.8 Å².